The molecule has 22 heavy (non-hydrogen) atoms. The number of hydrogen-bond donors (Lipinski definition) is 1. The molecule has 2 aliphatic rings. The second-order valence-electron chi connectivity index (χ2n) is 6.40. The standard InChI is InChI=1S/C18H26N2O2/c21-18(14-15-8-12-22-13-9-15)19-16-4-6-17(7-5-16)20-10-2-1-3-11-20/h4-7,15H,1-3,8-14H2,(H,19,21). The Morgan fingerprint density at radius 2 is 1.77 bits per heavy atom. The number of nitrogens with one attached hydrogen (secondary N) is 1. The molecule has 2 saturated heterocycles. The Balaban J connectivity index is 1.50. The topological polar surface area (TPSA) is 41.6 Å². The summed E-state index contributed by atoms with van der Waals surface area (Å²) in [5, 5.41) is 3.02. The highest BCUT2D eigenvalue weighted by atomic mass is 16.5. The monoisotopic (exact) mass is 302 g/mol. The van der Waals surface area contributed by atoms with E-state index in [1.165, 1.54) is 24.9 Å². The number of nitrogens with zero attached hydrogens (tertiary/aromatic N) is 1. The Kier molecular flexibility index (Phi) is 5.33. The van der Waals surface area contributed by atoms with Gasteiger partial charge in [-0.25, -0.2) is 0 Å². The van der Waals surface area contributed by atoms with E-state index in [9.17, 15) is 4.79 Å². The number of hydrogen-bond acceptors (Lipinski definition) is 3. The van der Waals surface area contributed by atoms with E-state index < -0.39 is 0 Å². The molecule has 2 aliphatic heterocycles. The Bertz CT molecular complexity index is 474. The van der Waals surface area contributed by atoms with E-state index in [0.29, 0.717) is 12.3 Å². The fraction of sp³-hybridized carbons (Fsp3) is 0.611. The zero-order valence-corrected chi connectivity index (χ0v) is 13.2. The lowest BCUT2D eigenvalue weighted by molar-refractivity contribution is -0.117. The van der Waals surface area contributed by atoms with E-state index in [1.807, 2.05) is 12.1 Å². The Morgan fingerprint density at radius 3 is 2.45 bits per heavy atom. The molecule has 4 heteroatoms. The molecule has 0 unspecified atom stereocenters. The van der Waals surface area contributed by atoms with Crippen molar-refractivity contribution >= 4 is 17.3 Å². The van der Waals surface area contributed by atoms with Gasteiger partial charge in [-0.3, -0.25) is 4.79 Å². The Morgan fingerprint density at radius 1 is 1.09 bits per heavy atom. The third-order valence-corrected chi connectivity index (χ3v) is 4.69. The number of benzene rings is 1. The largest absolute Gasteiger partial charge is 0.381 e. The third kappa shape index (κ3) is 4.23. The maximum Gasteiger partial charge on any atom is 0.224 e. The van der Waals surface area contributed by atoms with E-state index in [-0.39, 0.29) is 5.91 Å². The first-order valence-corrected chi connectivity index (χ1v) is 8.54. The van der Waals surface area contributed by atoms with Gasteiger partial charge in [-0.15, -0.1) is 0 Å². The summed E-state index contributed by atoms with van der Waals surface area (Å²) in [5.74, 6) is 0.596. The zero-order chi connectivity index (χ0) is 15.2. The van der Waals surface area contributed by atoms with Gasteiger partial charge >= 0.3 is 0 Å². The molecular formula is C18H26N2O2. The van der Waals surface area contributed by atoms with Crippen molar-refractivity contribution in [1.29, 1.82) is 0 Å². The number of amides is 1. The quantitative estimate of drug-likeness (QED) is 0.926. The smallest absolute Gasteiger partial charge is 0.224 e. The highest BCUT2D eigenvalue weighted by Gasteiger charge is 2.17. The van der Waals surface area contributed by atoms with Gasteiger partial charge in [-0.2, -0.15) is 0 Å². The van der Waals surface area contributed by atoms with Gasteiger partial charge in [0.25, 0.3) is 0 Å². The van der Waals surface area contributed by atoms with Crippen LogP contribution in [0.5, 0.6) is 0 Å². The lowest BCUT2D eigenvalue weighted by Crippen LogP contribution is -2.29. The van der Waals surface area contributed by atoms with E-state index in [4.69, 9.17) is 4.74 Å². The predicted molar refractivity (Wildman–Crippen MR) is 89.3 cm³/mol. The minimum Gasteiger partial charge on any atom is -0.381 e. The molecule has 1 N–H and O–H groups in total. The van der Waals surface area contributed by atoms with Gasteiger partial charge in [-0.1, -0.05) is 0 Å². The van der Waals surface area contributed by atoms with Crippen molar-refractivity contribution in [1.82, 2.24) is 0 Å². The van der Waals surface area contributed by atoms with Crippen molar-refractivity contribution in [3.05, 3.63) is 24.3 Å². The first-order valence-electron chi connectivity index (χ1n) is 8.54. The number of carbonyl (C=O) groups is 1. The van der Waals surface area contributed by atoms with Crippen LogP contribution in [0.15, 0.2) is 24.3 Å². The van der Waals surface area contributed by atoms with E-state index in [1.54, 1.807) is 0 Å². The molecule has 0 saturated carbocycles. The molecule has 4 nitrogen and oxygen atoms in total. The summed E-state index contributed by atoms with van der Waals surface area (Å²) in [4.78, 5) is 14.5. The van der Waals surface area contributed by atoms with Gasteiger partial charge in [0.15, 0.2) is 0 Å². The van der Waals surface area contributed by atoms with Crippen LogP contribution in [0.4, 0.5) is 11.4 Å². The third-order valence-electron chi connectivity index (χ3n) is 4.69. The molecule has 2 fully saturated rings. The van der Waals surface area contributed by atoms with Crippen molar-refractivity contribution in [3.63, 3.8) is 0 Å². The van der Waals surface area contributed by atoms with Crippen molar-refractivity contribution in [2.24, 2.45) is 5.92 Å². The van der Waals surface area contributed by atoms with Crippen LogP contribution in [0.2, 0.25) is 0 Å². The highest BCUT2D eigenvalue weighted by molar-refractivity contribution is 5.91. The summed E-state index contributed by atoms with van der Waals surface area (Å²) in [5.41, 5.74) is 2.17. The van der Waals surface area contributed by atoms with Gasteiger partial charge in [-0.05, 0) is 62.3 Å². The van der Waals surface area contributed by atoms with Crippen LogP contribution in [0, 0.1) is 5.92 Å². The molecule has 1 amide bonds. The van der Waals surface area contributed by atoms with E-state index in [2.05, 4.69) is 22.3 Å². The maximum atomic E-state index is 12.1. The molecule has 0 aliphatic carbocycles. The molecular weight excluding hydrogens is 276 g/mol. The molecule has 1 aromatic rings. The second-order valence-corrected chi connectivity index (χ2v) is 6.40. The molecule has 1 aromatic carbocycles. The minimum absolute atomic E-state index is 0.123. The SMILES string of the molecule is O=C(CC1CCOCC1)Nc1ccc(N2CCCCC2)cc1. The van der Waals surface area contributed by atoms with Gasteiger partial charge < -0.3 is 15.0 Å². The molecule has 0 atom stereocenters. The van der Waals surface area contributed by atoms with Gasteiger partial charge in [0.2, 0.25) is 5.91 Å². The Hall–Kier alpha value is -1.55. The number of anilines is 2. The van der Waals surface area contributed by atoms with Crippen LogP contribution >= 0.6 is 0 Å². The second kappa shape index (κ2) is 7.63. The fourth-order valence-corrected chi connectivity index (χ4v) is 3.33. The molecule has 0 radical (unpaired) electrons. The van der Waals surface area contributed by atoms with Crippen molar-refractivity contribution in [3.8, 4) is 0 Å². The number of ether oxygens (including phenoxy) is 1. The number of piperidine rings is 1. The number of carbonyl (C=O) groups excluding carboxylic acids is 1. The van der Waals surface area contributed by atoms with Crippen LogP contribution in [0.3, 0.4) is 0 Å². The lowest BCUT2D eigenvalue weighted by atomic mass is 9.96. The summed E-state index contributed by atoms with van der Waals surface area (Å²) in [6.07, 6.45) is 6.52. The summed E-state index contributed by atoms with van der Waals surface area (Å²) in [7, 11) is 0. The first kappa shape index (κ1) is 15.3. The maximum absolute atomic E-state index is 12.1. The van der Waals surface area contributed by atoms with E-state index >= 15 is 0 Å². The zero-order valence-electron chi connectivity index (χ0n) is 13.2. The van der Waals surface area contributed by atoms with Crippen LogP contribution in [-0.2, 0) is 9.53 Å². The van der Waals surface area contributed by atoms with Gasteiger partial charge in [0.05, 0.1) is 0 Å². The van der Waals surface area contributed by atoms with Gasteiger partial charge in [0, 0.05) is 44.1 Å². The number of rotatable bonds is 4. The van der Waals surface area contributed by atoms with Crippen LogP contribution < -0.4 is 10.2 Å². The average molecular weight is 302 g/mol. The molecule has 0 bridgehead atoms. The summed E-state index contributed by atoms with van der Waals surface area (Å²) < 4.78 is 5.33. The minimum atomic E-state index is 0.123. The molecule has 120 valence electrons. The predicted octanol–water partition coefficient (Wildman–Crippen LogP) is 3.43. The van der Waals surface area contributed by atoms with Crippen molar-refractivity contribution < 1.29 is 9.53 Å². The molecule has 0 spiro atoms. The first-order chi connectivity index (χ1) is 10.8. The fourth-order valence-electron chi connectivity index (χ4n) is 3.33. The molecule has 2 heterocycles. The van der Waals surface area contributed by atoms with Crippen molar-refractivity contribution in [2.45, 2.75) is 38.5 Å². The van der Waals surface area contributed by atoms with Crippen LogP contribution in [-0.4, -0.2) is 32.2 Å². The Labute approximate surface area is 132 Å². The average Bonchev–Trinajstić information content (AvgIpc) is 2.57. The lowest BCUT2D eigenvalue weighted by Gasteiger charge is -2.28. The van der Waals surface area contributed by atoms with Crippen molar-refractivity contribution in [2.75, 3.05) is 36.5 Å². The summed E-state index contributed by atoms with van der Waals surface area (Å²) in [6.45, 7) is 3.88. The van der Waals surface area contributed by atoms with Crippen LogP contribution in [0.25, 0.3) is 0 Å². The summed E-state index contributed by atoms with van der Waals surface area (Å²) >= 11 is 0. The normalized spacial score (nSPS) is 19.9. The van der Waals surface area contributed by atoms with E-state index in [0.717, 1.165) is 44.8 Å². The molecule has 0 aromatic heterocycles. The summed E-state index contributed by atoms with van der Waals surface area (Å²) in [6, 6.07) is 8.28. The van der Waals surface area contributed by atoms with Crippen LogP contribution in [0.1, 0.15) is 38.5 Å². The molecule has 3 rings (SSSR count). The highest BCUT2D eigenvalue weighted by Crippen LogP contribution is 2.23. The van der Waals surface area contributed by atoms with Gasteiger partial charge in [0.1, 0.15) is 0 Å².